The predicted octanol–water partition coefficient (Wildman–Crippen LogP) is 3.55. The van der Waals surface area contributed by atoms with Gasteiger partial charge >= 0.3 is 0 Å². The molecular formula is C13H17N. The Morgan fingerprint density at radius 1 is 1.07 bits per heavy atom. The molecule has 0 aromatic heterocycles. The largest absolute Gasteiger partial charge is 0.285 e. The lowest BCUT2D eigenvalue weighted by atomic mass is 10.1. The molecule has 0 aliphatic carbocycles. The van der Waals surface area contributed by atoms with Crippen LogP contribution in [0, 0.1) is 0 Å². The summed E-state index contributed by atoms with van der Waals surface area (Å²) in [7, 11) is 0. The predicted molar refractivity (Wildman–Crippen MR) is 63.9 cm³/mol. The summed E-state index contributed by atoms with van der Waals surface area (Å²) in [5.41, 5.74) is 2.46. The third kappa shape index (κ3) is 2.56. The molecule has 1 aromatic rings. The van der Waals surface area contributed by atoms with Crippen molar-refractivity contribution in [3.8, 4) is 0 Å². The first kappa shape index (κ1) is 10.7. The summed E-state index contributed by atoms with van der Waals surface area (Å²) in [4.78, 5) is 4.35. The quantitative estimate of drug-likeness (QED) is 0.589. The van der Waals surface area contributed by atoms with Crippen LogP contribution in [0.1, 0.15) is 31.9 Å². The van der Waals surface area contributed by atoms with Crippen LogP contribution in [-0.2, 0) is 0 Å². The Labute approximate surface area is 86.2 Å². The smallest absolute Gasteiger partial charge is 0.0655 e. The summed E-state index contributed by atoms with van der Waals surface area (Å²) in [5.74, 6) is 0. The number of benzene rings is 1. The van der Waals surface area contributed by atoms with Crippen molar-refractivity contribution in [3.63, 3.8) is 0 Å². The highest BCUT2D eigenvalue weighted by molar-refractivity contribution is 5.86. The van der Waals surface area contributed by atoms with E-state index in [-0.39, 0.29) is 0 Å². The van der Waals surface area contributed by atoms with Gasteiger partial charge < -0.3 is 0 Å². The molecule has 1 aliphatic rings. The molecule has 0 fully saturated rings. The van der Waals surface area contributed by atoms with E-state index in [1.54, 1.807) is 0 Å². The van der Waals surface area contributed by atoms with Gasteiger partial charge in [0.15, 0.2) is 0 Å². The minimum Gasteiger partial charge on any atom is -0.285 e. The van der Waals surface area contributed by atoms with E-state index in [1.807, 2.05) is 32.2 Å². The lowest BCUT2D eigenvalue weighted by molar-refractivity contribution is 0.940. The summed E-state index contributed by atoms with van der Waals surface area (Å²) < 4.78 is 0. The Morgan fingerprint density at radius 2 is 1.71 bits per heavy atom. The van der Waals surface area contributed by atoms with Crippen molar-refractivity contribution in [2.75, 3.05) is 0 Å². The SMILES string of the molecule is CC.CC1C=Cc2ccccc2C=N1. The summed E-state index contributed by atoms with van der Waals surface area (Å²) in [6.45, 7) is 6.08. The second-order valence-corrected chi connectivity index (χ2v) is 3.01. The van der Waals surface area contributed by atoms with Crippen LogP contribution >= 0.6 is 0 Å². The van der Waals surface area contributed by atoms with Gasteiger partial charge in [0.1, 0.15) is 0 Å². The first-order chi connectivity index (χ1) is 6.86. The topological polar surface area (TPSA) is 12.4 Å². The van der Waals surface area contributed by atoms with Gasteiger partial charge in [-0.1, -0.05) is 50.3 Å². The van der Waals surface area contributed by atoms with Crippen LogP contribution < -0.4 is 0 Å². The molecule has 1 heteroatoms. The summed E-state index contributed by atoms with van der Waals surface area (Å²) in [6, 6.07) is 8.58. The Balaban J connectivity index is 0.000000461. The zero-order chi connectivity index (χ0) is 10.4. The van der Waals surface area contributed by atoms with Crippen LogP contribution in [0.4, 0.5) is 0 Å². The normalized spacial score (nSPS) is 17.8. The molecule has 74 valence electrons. The van der Waals surface area contributed by atoms with Gasteiger partial charge in [-0.3, -0.25) is 4.99 Å². The van der Waals surface area contributed by atoms with E-state index in [0.717, 1.165) is 0 Å². The molecule has 0 bridgehead atoms. The second-order valence-electron chi connectivity index (χ2n) is 3.01. The highest BCUT2D eigenvalue weighted by Crippen LogP contribution is 2.12. The van der Waals surface area contributed by atoms with Gasteiger partial charge in [0.2, 0.25) is 0 Å². The van der Waals surface area contributed by atoms with Gasteiger partial charge in [-0.15, -0.1) is 0 Å². The summed E-state index contributed by atoms with van der Waals surface area (Å²) >= 11 is 0. The summed E-state index contributed by atoms with van der Waals surface area (Å²) in [5, 5.41) is 0. The fourth-order valence-electron chi connectivity index (χ4n) is 1.27. The van der Waals surface area contributed by atoms with E-state index in [0.29, 0.717) is 6.04 Å². The number of hydrogen-bond donors (Lipinski definition) is 0. The lowest BCUT2D eigenvalue weighted by Crippen LogP contribution is -1.89. The van der Waals surface area contributed by atoms with Gasteiger partial charge in [-0.2, -0.15) is 0 Å². The van der Waals surface area contributed by atoms with Crippen molar-refractivity contribution in [1.82, 2.24) is 0 Å². The molecule has 1 aromatic carbocycles. The third-order valence-corrected chi connectivity index (χ3v) is 2.00. The molecule has 0 N–H and O–H groups in total. The molecular weight excluding hydrogens is 170 g/mol. The first-order valence-corrected chi connectivity index (χ1v) is 5.17. The van der Waals surface area contributed by atoms with Crippen molar-refractivity contribution >= 4 is 12.3 Å². The van der Waals surface area contributed by atoms with E-state index in [9.17, 15) is 0 Å². The van der Waals surface area contributed by atoms with E-state index < -0.39 is 0 Å². The Hall–Kier alpha value is -1.37. The van der Waals surface area contributed by atoms with Crippen molar-refractivity contribution in [2.24, 2.45) is 4.99 Å². The van der Waals surface area contributed by atoms with E-state index in [1.165, 1.54) is 11.1 Å². The minimum absolute atomic E-state index is 0.303. The molecule has 14 heavy (non-hydrogen) atoms. The van der Waals surface area contributed by atoms with Crippen LogP contribution in [0.2, 0.25) is 0 Å². The standard InChI is InChI=1S/C11H11N.C2H6/c1-9-6-7-10-4-2-3-5-11(10)8-12-9;1-2/h2-9H,1H3;1-2H3. The van der Waals surface area contributed by atoms with Crippen LogP contribution in [0.5, 0.6) is 0 Å². The maximum Gasteiger partial charge on any atom is 0.0655 e. The van der Waals surface area contributed by atoms with Crippen molar-refractivity contribution in [1.29, 1.82) is 0 Å². The molecule has 2 rings (SSSR count). The van der Waals surface area contributed by atoms with Crippen LogP contribution in [0.3, 0.4) is 0 Å². The minimum atomic E-state index is 0.303. The second kappa shape index (κ2) is 5.38. The zero-order valence-corrected chi connectivity index (χ0v) is 9.07. The molecule has 1 nitrogen and oxygen atoms in total. The van der Waals surface area contributed by atoms with Crippen LogP contribution in [0.15, 0.2) is 35.3 Å². The maximum atomic E-state index is 4.35. The Kier molecular flexibility index (Phi) is 4.11. The molecule has 0 amide bonds. The average Bonchev–Trinajstić information content (AvgIpc) is 2.45. The zero-order valence-electron chi connectivity index (χ0n) is 9.07. The maximum absolute atomic E-state index is 4.35. The fourth-order valence-corrected chi connectivity index (χ4v) is 1.27. The molecule has 1 atom stereocenters. The lowest BCUT2D eigenvalue weighted by Gasteiger charge is -1.95. The number of nitrogens with zero attached hydrogens (tertiary/aromatic N) is 1. The average molecular weight is 187 g/mol. The van der Waals surface area contributed by atoms with Crippen molar-refractivity contribution < 1.29 is 0 Å². The van der Waals surface area contributed by atoms with Gasteiger partial charge in [-0.25, -0.2) is 0 Å². The first-order valence-electron chi connectivity index (χ1n) is 5.17. The molecule has 0 spiro atoms. The molecule has 1 unspecified atom stereocenters. The van der Waals surface area contributed by atoms with Crippen molar-refractivity contribution in [3.05, 3.63) is 41.5 Å². The fraction of sp³-hybridized carbons (Fsp3) is 0.308. The van der Waals surface area contributed by atoms with E-state index in [2.05, 4.69) is 36.2 Å². The van der Waals surface area contributed by atoms with E-state index in [4.69, 9.17) is 0 Å². The van der Waals surface area contributed by atoms with Gasteiger partial charge in [0.05, 0.1) is 6.04 Å². The Morgan fingerprint density at radius 3 is 2.43 bits per heavy atom. The third-order valence-electron chi connectivity index (χ3n) is 2.00. The summed E-state index contributed by atoms with van der Waals surface area (Å²) in [6.07, 6.45) is 6.19. The number of fused-ring (bicyclic) bond motifs is 1. The Bertz CT molecular complexity index is 304. The molecule has 1 aliphatic heterocycles. The number of hydrogen-bond acceptors (Lipinski definition) is 1. The molecule has 0 saturated carbocycles. The highest BCUT2D eigenvalue weighted by atomic mass is 14.7. The van der Waals surface area contributed by atoms with Crippen molar-refractivity contribution in [2.45, 2.75) is 26.8 Å². The molecule has 0 saturated heterocycles. The number of rotatable bonds is 0. The monoisotopic (exact) mass is 187 g/mol. The van der Waals surface area contributed by atoms with Gasteiger partial charge in [-0.05, 0) is 18.1 Å². The van der Waals surface area contributed by atoms with E-state index >= 15 is 0 Å². The van der Waals surface area contributed by atoms with Gasteiger partial charge in [0, 0.05) is 6.21 Å². The highest BCUT2D eigenvalue weighted by Gasteiger charge is 2.00. The van der Waals surface area contributed by atoms with Crippen LogP contribution in [-0.4, -0.2) is 12.3 Å². The van der Waals surface area contributed by atoms with Crippen LogP contribution in [0.25, 0.3) is 6.08 Å². The molecule has 0 radical (unpaired) electrons. The molecule has 1 heterocycles. The number of aliphatic imine (C=N–C) groups is 1. The van der Waals surface area contributed by atoms with Gasteiger partial charge in [0.25, 0.3) is 0 Å².